The Morgan fingerprint density at radius 1 is 1.62 bits per heavy atom. The van der Waals surface area contributed by atoms with Crippen LogP contribution in [0.1, 0.15) is 25.5 Å². The average Bonchev–Trinajstić information content (AvgIpc) is 2.83. The van der Waals surface area contributed by atoms with E-state index in [1.54, 1.807) is 6.20 Å². The minimum absolute atomic E-state index is 0.605. The summed E-state index contributed by atoms with van der Waals surface area (Å²) in [7, 11) is 0. The number of hydrogen-bond acceptors (Lipinski definition) is 5. The third kappa shape index (κ3) is 2.78. The average molecular weight is 239 g/mol. The van der Waals surface area contributed by atoms with Crippen LogP contribution in [-0.2, 0) is 6.54 Å². The van der Waals surface area contributed by atoms with Crippen LogP contribution < -0.4 is 5.32 Å². The van der Waals surface area contributed by atoms with Gasteiger partial charge in [-0.1, -0.05) is 25.6 Å². The van der Waals surface area contributed by atoms with Crippen LogP contribution in [0.25, 0.3) is 0 Å². The minimum atomic E-state index is 0.605. The third-order valence-electron chi connectivity index (χ3n) is 2.48. The number of aromatic nitrogens is 1. The highest BCUT2D eigenvalue weighted by molar-refractivity contribution is 8.14. The zero-order valence-corrected chi connectivity index (χ0v) is 10.7. The van der Waals surface area contributed by atoms with Crippen LogP contribution in [0.15, 0.2) is 15.6 Å². The van der Waals surface area contributed by atoms with E-state index in [0.717, 1.165) is 17.5 Å². The first-order chi connectivity index (χ1) is 7.65. The Labute approximate surface area is 99.9 Å². The molecule has 0 saturated carbocycles. The molecule has 1 unspecified atom stereocenters. The summed E-state index contributed by atoms with van der Waals surface area (Å²) in [5, 5.41) is 4.87. The van der Waals surface area contributed by atoms with E-state index in [-0.39, 0.29) is 0 Å². The summed E-state index contributed by atoms with van der Waals surface area (Å²) in [5.74, 6) is 2.23. The van der Waals surface area contributed by atoms with Gasteiger partial charge in [0, 0.05) is 5.25 Å². The molecule has 88 valence electrons. The molecule has 1 N–H and O–H groups in total. The standard InChI is InChI=1S/C11H17N3OS/c1-7(2)9-5-13-11(16-9)14-6-10-12-4-8(3)15-10/h4,7,9H,5-6H2,1-3H3,(H,13,14). The van der Waals surface area contributed by atoms with Gasteiger partial charge in [-0.3, -0.25) is 4.99 Å². The second kappa shape index (κ2) is 4.91. The van der Waals surface area contributed by atoms with Crippen LogP contribution in [0, 0.1) is 12.8 Å². The Bertz CT molecular complexity index is 386. The van der Waals surface area contributed by atoms with Crippen molar-refractivity contribution in [2.24, 2.45) is 10.9 Å². The zero-order chi connectivity index (χ0) is 11.5. The highest BCUT2D eigenvalue weighted by Gasteiger charge is 2.22. The Balaban J connectivity index is 1.80. The highest BCUT2D eigenvalue weighted by Crippen LogP contribution is 2.25. The minimum Gasteiger partial charge on any atom is -0.444 e. The van der Waals surface area contributed by atoms with E-state index in [2.05, 4.69) is 29.1 Å². The number of rotatable bonds is 3. The number of oxazole rings is 1. The monoisotopic (exact) mass is 239 g/mol. The molecule has 0 radical (unpaired) electrons. The molecule has 0 spiro atoms. The highest BCUT2D eigenvalue weighted by atomic mass is 32.2. The Morgan fingerprint density at radius 3 is 3.00 bits per heavy atom. The predicted molar refractivity (Wildman–Crippen MR) is 66.6 cm³/mol. The lowest BCUT2D eigenvalue weighted by atomic mass is 10.1. The first-order valence-corrected chi connectivity index (χ1v) is 6.39. The summed E-state index contributed by atoms with van der Waals surface area (Å²) < 4.78 is 5.38. The number of nitrogens with zero attached hydrogens (tertiary/aromatic N) is 2. The van der Waals surface area contributed by atoms with E-state index in [9.17, 15) is 0 Å². The van der Waals surface area contributed by atoms with E-state index >= 15 is 0 Å². The maximum absolute atomic E-state index is 5.38. The van der Waals surface area contributed by atoms with Gasteiger partial charge in [0.2, 0.25) is 5.89 Å². The van der Waals surface area contributed by atoms with Gasteiger partial charge < -0.3 is 9.73 Å². The quantitative estimate of drug-likeness (QED) is 0.878. The predicted octanol–water partition coefficient (Wildman–Crippen LogP) is 2.20. The van der Waals surface area contributed by atoms with Crippen LogP contribution in [-0.4, -0.2) is 21.9 Å². The SMILES string of the molecule is Cc1cnc(CNC2=NCC(C(C)C)S2)o1. The van der Waals surface area contributed by atoms with E-state index in [0.29, 0.717) is 23.6 Å². The lowest BCUT2D eigenvalue weighted by molar-refractivity contribution is 0.466. The largest absolute Gasteiger partial charge is 0.444 e. The van der Waals surface area contributed by atoms with Crippen LogP contribution in [0.3, 0.4) is 0 Å². The number of thioether (sulfide) groups is 1. The maximum atomic E-state index is 5.38. The van der Waals surface area contributed by atoms with E-state index < -0.39 is 0 Å². The van der Waals surface area contributed by atoms with Gasteiger partial charge >= 0.3 is 0 Å². The van der Waals surface area contributed by atoms with Gasteiger partial charge in [0.05, 0.1) is 19.3 Å². The molecular formula is C11H17N3OS. The zero-order valence-electron chi connectivity index (χ0n) is 9.86. The normalized spacial score (nSPS) is 20.2. The summed E-state index contributed by atoms with van der Waals surface area (Å²) in [4.78, 5) is 8.60. The molecule has 0 bridgehead atoms. The van der Waals surface area contributed by atoms with Crippen molar-refractivity contribution in [2.45, 2.75) is 32.6 Å². The first kappa shape index (κ1) is 11.5. The van der Waals surface area contributed by atoms with Crippen molar-refractivity contribution in [3.05, 3.63) is 17.8 Å². The molecule has 5 heteroatoms. The lowest BCUT2D eigenvalue weighted by Crippen LogP contribution is -2.20. The number of amidine groups is 1. The smallest absolute Gasteiger partial charge is 0.213 e. The molecule has 2 rings (SSSR count). The molecule has 0 aromatic carbocycles. The topological polar surface area (TPSA) is 50.4 Å². The van der Waals surface area contributed by atoms with Crippen LogP contribution in [0.4, 0.5) is 0 Å². The lowest BCUT2D eigenvalue weighted by Gasteiger charge is -2.11. The van der Waals surface area contributed by atoms with Crippen molar-refractivity contribution in [1.82, 2.24) is 10.3 Å². The van der Waals surface area contributed by atoms with Crippen molar-refractivity contribution < 1.29 is 4.42 Å². The number of nitrogens with one attached hydrogen (secondary N) is 1. The summed E-state index contributed by atoms with van der Waals surface area (Å²) in [5.41, 5.74) is 0. The van der Waals surface area contributed by atoms with Crippen molar-refractivity contribution in [2.75, 3.05) is 6.54 Å². The van der Waals surface area contributed by atoms with Gasteiger partial charge in [-0.2, -0.15) is 0 Å². The molecule has 0 aliphatic carbocycles. The molecule has 1 aromatic heterocycles. The maximum Gasteiger partial charge on any atom is 0.213 e. The molecule has 1 aliphatic heterocycles. The number of aliphatic imine (C=N–C) groups is 1. The molecule has 0 fully saturated rings. The Kier molecular flexibility index (Phi) is 3.53. The number of aryl methyl sites for hydroxylation is 1. The summed E-state index contributed by atoms with van der Waals surface area (Å²) in [6, 6.07) is 0. The molecular weight excluding hydrogens is 222 g/mol. The molecule has 1 aliphatic rings. The van der Waals surface area contributed by atoms with Crippen molar-refractivity contribution in [1.29, 1.82) is 0 Å². The van der Waals surface area contributed by atoms with Gasteiger partial charge in [0.25, 0.3) is 0 Å². The van der Waals surface area contributed by atoms with Crippen LogP contribution in [0.2, 0.25) is 0 Å². The van der Waals surface area contributed by atoms with Crippen molar-refractivity contribution in [3.63, 3.8) is 0 Å². The third-order valence-corrected chi connectivity index (χ3v) is 3.97. The molecule has 1 aromatic rings. The number of hydrogen-bond donors (Lipinski definition) is 1. The second-order valence-electron chi connectivity index (χ2n) is 4.26. The Morgan fingerprint density at radius 2 is 2.44 bits per heavy atom. The van der Waals surface area contributed by atoms with Crippen LogP contribution in [0.5, 0.6) is 0 Å². The van der Waals surface area contributed by atoms with E-state index in [1.807, 2.05) is 18.7 Å². The van der Waals surface area contributed by atoms with Crippen molar-refractivity contribution >= 4 is 16.9 Å². The van der Waals surface area contributed by atoms with E-state index in [4.69, 9.17) is 4.42 Å². The van der Waals surface area contributed by atoms with Gasteiger partial charge in [0.1, 0.15) is 5.76 Å². The van der Waals surface area contributed by atoms with Gasteiger partial charge in [-0.05, 0) is 12.8 Å². The molecule has 4 nitrogen and oxygen atoms in total. The van der Waals surface area contributed by atoms with Gasteiger partial charge in [-0.25, -0.2) is 4.98 Å². The second-order valence-corrected chi connectivity index (χ2v) is 5.49. The first-order valence-electron chi connectivity index (χ1n) is 5.51. The van der Waals surface area contributed by atoms with Gasteiger partial charge in [0.15, 0.2) is 5.17 Å². The summed E-state index contributed by atoms with van der Waals surface area (Å²) >= 11 is 1.81. The fourth-order valence-corrected chi connectivity index (χ4v) is 2.48. The van der Waals surface area contributed by atoms with Crippen molar-refractivity contribution in [3.8, 4) is 0 Å². The van der Waals surface area contributed by atoms with Gasteiger partial charge in [-0.15, -0.1) is 0 Å². The molecule has 16 heavy (non-hydrogen) atoms. The fraction of sp³-hybridized carbons (Fsp3) is 0.636. The van der Waals surface area contributed by atoms with E-state index in [1.165, 1.54) is 0 Å². The fourth-order valence-electron chi connectivity index (χ4n) is 1.47. The summed E-state index contributed by atoms with van der Waals surface area (Å²) in [6.07, 6.45) is 1.73. The molecule has 2 heterocycles. The Hall–Kier alpha value is -0.970. The molecule has 0 amide bonds. The van der Waals surface area contributed by atoms with Crippen LogP contribution >= 0.6 is 11.8 Å². The molecule has 1 atom stereocenters. The molecule has 0 saturated heterocycles. The summed E-state index contributed by atoms with van der Waals surface area (Å²) in [6.45, 7) is 7.88.